The van der Waals surface area contributed by atoms with Crippen LogP contribution in [-0.2, 0) is 28.5 Å². The summed E-state index contributed by atoms with van der Waals surface area (Å²) in [5, 5.41) is 104. The Morgan fingerprint density at radius 1 is 0.660 bits per heavy atom. The maximum atomic E-state index is 11.4. The van der Waals surface area contributed by atoms with Crippen molar-refractivity contribution in [3.8, 4) is 45.8 Å². The van der Waals surface area contributed by atoms with E-state index in [1.807, 2.05) is 0 Å². The Hall–Kier alpha value is -4.73. The number of phenols is 4. The van der Waals surface area contributed by atoms with Crippen molar-refractivity contribution in [2.45, 2.75) is 75.3 Å². The minimum Gasteiger partial charge on any atom is -0.507 e. The molecule has 3 heterocycles. The third-order valence-electron chi connectivity index (χ3n) is 7.86. The van der Waals surface area contributed by atoms with Gasteiger partial charge in [0.2, 0.25) is 18.3 Å². The third kappa shape index (κ3) is 7.54. The monoisotopic (exact) mass is 711 g/mol. The zero-order valence-corrected chi connectivity index (χ0v) is 26.2. The molecule has 272 valence electrons. The number of carbonyl (C=O) groups excluding carboxylic acids is 2. The minimum atomic E-state index is -1.92. The number of benzene rings is 2. The second kappa shape index (κ2) is 14.6. The molecule has 0 saturated carbocycles. The van der Waals surface area contributed by atoms with Crippen molar-refractivity contribution in [2.75, 3.05) is 13.2 Å². The third-order valence-corrected chi connectivity index (χ3v) is 7.86. The number of rotatable bonds is 9. The van der Waals surface area contributed by atoms with Crippen LogP contribution in [0.1, 0.15) is 13.8 Å². The first kappa shape index (κ1) is 36.5. The number of fused-ring (bicyclic) bond motifs is 1. The zero-order valence-electron chi connectivity index (χ0n) is 26.2. The van der Waals surface area contributed by atoms with E-state index in [9.17, 15) is 60.7 Å². The average molecular weight is 712 g/mol. The van der Waals surface area contributed by atoms with Crippen LogP contribution in [0.25, 0.3) is 22.3 Å². The lowest BCUT2D eigenvalue weighted by Crippen LogP contribution is -2.60. The molecule has 19 nitrogen and oxygen atoms in total. The molecule has 0 amide bonds. The number of ether oxygens (including phenoxy) is 6. The second-order valence-electron chi connectivity index (χ2n) is 11.5. The summed E-state index contributed by atoms with van der Waals surface area (Å²) in [7, 11) is 0. The molecule has 0 radical (unpaired) electrons. The van der Waals surface area contributed by atoms with Crippen molar-refractivity contribution in [3.05, 3.63) is 30.3 Å². The fourth-order valence-electron chi connectivity index (χ4n) is 5.24. The maximum Gasteiger partial charge on any atom is 0.402 e. The molecule has 2 fully saturated rings. The van der Waals surface area contributed by atoms with Gasteiger partial charge in [0.15, 0.2) is 17.2 Å². The van der Waals surface area contributed by atoms with Crippen molar-refractivity contribution >= 4 is 22.9 Å². The summed E-state index contributed by atoms with van der Waals surface area (Å²) in [6, 6.07) is 5.28. The van der Waals surface area contributed by atoms with Crippen molar-refractivity contribution in [2.24, 2.45) is 0 Å². The van der Waals surface area contributed by atoms with Gasteiger partial charge in [0.05, 0.1) is 11.6 Å². The molecular weight excluding hydrogens is 676 g/mol. The number of aliphatic hydroxyl groups excluding tert-OH is 6. The van der Waals surface area contributed by atoms with Gasteiger partial charge in [0.25, 0.3) is 0 Å². The van der Waals surface area contributed by atoms with Crippen molar-refractivity contribution in [1.82, 2.24) is 0 Å². The van der Waals surface area contributed by atoms with Crippen LogP contribution in [0.2, 0.25) is 0 Å². The molecule has 5 unspecified atom stereocenters. The lowest BCUT2D eigenvalue weighted by atomic mass is 9.99. The normalized spacial score (nSPS) is 29.7. The number of phenolic OH excluding ortho intramolecular Hbond substituents is 4. The van der Waals surface area contributed by atoms with Crippen LogP contribution in [-0.4, -0.2) is 138 Å². The van der Waals surface area contributed by atoms with Crippen molar-refractivity contribution in [1.29, 1.82) is 0 Å². The fourth-order valence-corrected chi connectivity index (χ4v) is 5.24. The molecule has 10 N–H and O–H groups in total. The van der Waals surface area contributed by atoms with Crippen LogP contribution in [0.3, 0.4) is 0 Å². The van der Waals surface area contributed by atoms with E-state index < -0.39 is 110 Å². The van der Waals surface area contributed by atoms with Gasteiger partial charge in [0.1, 0.15) is 78.9 Å². The van der Waals surface area contributed by atoms with Crippen LogP contribution in [0, 0.1) is 0 Å². The van der Waals surface area contributed by atoms with Gasteiger partial charge in [-0.25, -0.2) is 4.42 Å². The van der Waals surface area contributed by atoms with Gasteiger partial charge in [-0.1, -0.05) is 0 Å². The maximum absolute atomic E-state index is 11.4. The molecule has 2 aromatic carbocycles. The van der Waals surface area contributed by atoms with Crippen LogP contribution in [0.15, 0.2) is 34.7 Å². The summed E-state index contributed by atoms with van der Waals surface area (Å²) in [6.07, 6.45) is -17.2. The van der Waals surface area contributed by atoms with Crippen molar-refractivity contribution < 1.29 is 93.5 Å². The van der Waals surface area contributed by atoms with E-state index >= 15 is 0 Å². The Balaban J connectivity index is 1.59. The topological polar surface area (TPSA) is 303 Å². The summed E-state index contributed by atoms with van der Waals surface area (Å²) in [4.78, 5) is 22.7. The Morgan fingerprint density at radius 3 is 1.62 bits per heavy atom. The van der Waals surface area contributed by atoms with E-state index in [-0.39, 0.29) is 33.8 Å². The molecule has 2 aliphatic heterocycles. The van der Waals surface area contributed by atoms with Crippen LogP contribution in [0.5, 0.6) is 34.5 Å². The zero-order chi connectivity index (χ0) is 36.6. The highest BCUT2D eigenvalue weighted by Gasteiger charge is 2.48. The summed E-state index contributed by atoms with van der Waals surface area (Å²) < 4.78 is 38.6. The van der Waals surface area contributed by atoms with E-state index in [1.165, 1.54) is 6.07 Å². The second-order valence-corrected chi connectivity index (χ2v) is 11.5. The summed E-state index contributed by atoms with van der Waals surface area (Å²) in [5.74, 6) is -5.35. The highest BCUT2D eigenvalue weighted by molar-refractivity contribution is 5.89. The van der Waals surface area contributed by atoms with Gasteiger partial charge in [-0.05, 0) is 0 Å². The Kier molecular flexibility index (Phi) is 10.7. The van der Waals surface area contributed by atoms with E-state index in [0.29, 0.717) is 0 Å². The molecule has 19 heteroatoms. The lowest BCUT2D eigenvalue weighted by molar-refractivity contribution is -0.278. The van der Waals surface area contributed by atoms with Gasteiger partial charge in [0, 0.05) is 38.1 Å². The molecule has 50 heavy (non-hydrogen) atoms. The SMILES string of the molecule is CC(=O)OCC1O[C@@H](Oc2cc3c(O[C@@H]4OC(COC(C)=O)[C@@H](O)[C@H](O)C4O)cc(O)cc3[o+]c2-c2cc(O)c(O)c(O)c2)C(O)C(O)[C@@H]1O. The Bertz CT molecular complexity index is 1710. The van der Waals surface area contributed by atoms with Gasteiger partial charge < -0.3 is 79.5 Å². The van der Waals surface area contributed by atoms with Gasteiger partial charge in [-0.2, -0.15) is 0 Å². The molecule has 2 aliphatic rings. The molecule has 10 atom stereocenters. The summed E-state index contributed by atoms with van der Waals surface area (Å²) in [5.41, 5.74) is -0.315. The predicted octanol–water partition coefficient (Wildman–Crippen LogP) is -1.30. The largest absolute Gasteiger partial charge is 0.507 e. The first-order valence-corrected chi connectivity index (χ1v) is 14.9. The lowest BCUT2D eigenvalue weighted by Gasteiger charge is -2.40. The molecule has 2 saturated heterocycles. The highest BCUT2D eigenvalue weighted by Crippen LogP contribution is 2.45. The average Bonchev–Trinajstić information content (AvgIpc) is 3.06. The Labute approximate surface area is 281 Å². The molecular formula is C31H35O19+. The number of hydrogen-bond donors (Lipinski definition) is 10. The number of hydrogen-bond acceptors (Lipinski definition) is 18. The molecule has 5 rings (SSSR count). The number of aliphatic hydroxyl groups is 6. The van der Waals surface area contributed by atoms with E-state index in [0.717, 1.165) is 38.1 Å². The van der Waals surface area contributed by atoms with E-state index in [1.54, 1.807) is 0 Å². The van der Waals surface area contributed by atoms with Crippen LogP contribution >= 0.6 is 0 Å². The number of esters is 2. The molecule has 0 bridgehead atoms. The summed E-state index contributed by atoms with van der Waals surface area (Å²) >= 11 is 0. The number of aromatic hydroxyl groups is 4. The minimum absolute atomic E-state index is 0.0518. The smallest absolute Gasteiger partial charge is 0.402 e. The van der Waals surface area contributed by atoms with Gasteiger partial charge in [-0.3, -0.25) is 9.59 Å². The molecule has 0 aliphatic carbocycles. The van der Waals surface area contributed by atoms with Crippen LogP contribution in [0.4, 0.5) is 0 Å². The molecule has 0 spiro atoms. The van der Waals surface area contributed by atoms with E-state index in [2.05, 4.69) is 0 Å². The Morgan fingerprint density at radius 2 is 1.14 bits per heavy atom. The molecule has 1 aromatic heterocycles. The number of carbonyl (C=O) groups is 2. The van der Waals surface area contributed by atoms with E-state index in [4.69, 9.17) is 32.8 Å². The highest BCUT2D eigenvalue weighted by atomic mass is 16.7. The van der Waals surface area contributed by atoms with Crippen molar-refractivity contribution in [3.63, 3.8) is 0 Å². The van der Waals surface area contributed by atoms with Crippen LogP contribution < -0.4 is 9.47 Å². The van der Waals surface area contributed by atoms with Gasteiger partial charge >= 0.3 is 23.3 Å². The first-order valence-electron chi connectivity index (χ1n) is 14.9. The molecule has 3 aromatic rings. The van der Waals surface area contributed by atoms with Gasteiger partial charge in [-0.15, -0.1) is 0 Å². The first-order chi connectivity index (χ1) is 23.5. The standard InChI is InChI=1S/C31H34O19/c1-10(32)44-8-20-23(38)25(40)27(42)30(49-20)47-18-6-13(34)5-17-14(18)7-19(29(46-17)12-3-15(35)22(37)16(36)4-12)48-31-28(43)26(41)24(39)21(50-31)9-45-11(2)33/h3-7,20-21,23-28,30-31,38-43H,8-9H2,1-2H3,(H3-,34,35,36,37)/p+1/t20?,21?,23-,24-,25+,26?,27?,28?,30-,31-/m1/s1. The quantitative estimate of drug-likeness (QED) is 0.0701. The predicted molar refractivity (Wildman–Crippen MR) is 161 cm³/mol. The fraction of sp³-hybridized carbons (Fsp3) is 0.452. The summed E-state index contributed by atoms with van der Waals surface area (Å²) in [6.45, 7) is 1.13.